The van der Waals surface area contributed by atoms with Gasteiger partial charge in [0.2, 0.25) is 17.7 Å². The molecule has 97 heavy (non-hydrogen) atoms. The normalized spacial score (nSPS) is 16.6. The number of unbranched alkanes of at least 4 members (excludes halogenated alkanes) is 38. The molecule has 3 N–H and O–H groups in total. The zero-order chi connectivity index (χ0) is 70.6. The average Bonchev–Trinajstić information content (AvgIpc) is 0.789. The van der Waals surface area contributed by atoms with Gasteiger partial charge in [0.15, 0.2) is 18.5 Å². The Hall–Kier alpha value is -5.10. The summed E-state index contributed by atoms with van der Waals surface area (Å²) in [5.41, 5.74) is 0.801. The van der Waals surface area contributed by atoms with Crippen LogP contribution in [0.15, 0.2) is 30.3 Å². The molecule has 1 fully saturated rings. The van der Waals surface area contributed by atoms with Crippen LogP contribution in [0.3, 0.4) is 0 Å². The van der Waals surface area contributed by atoms with Gasteiger partial charge in [-0.05, 0) is 37.7 Å². The first-order valence-electron chi connectivity index (χ1n) is 39.2. The van der Waals surface area contributed by atoms with Gasteiger partial charge in [-0.15, -0.1) is 0 Å². The molecule has 0 unspecified atom stereocenters. The van der Waals surface area contributed by atoms with Gasteiger partial charge in [-0.25, -0.2) is 0 Å². The van der Waals surface area contributed by atoms with E-state index >= 15 is 0 Å². The molecule has 3 amide bonds. The minimum absolute atomic E-state index is 0.00502. The van der Waals surface area contributed by atoms with Gasteiger partial charge >= 0.3 is 29.8 Å². The highest BCUT2D eigenvalue weighted by molar-refractivity contribution is 5.88. The lowest BCUT2D eigenvalue weighted by molar-refractivity contribution is -0.278. The van der Waals surface area contributed by atoms with Crippen LogP contribution in [0.25, 0.3) is 0 Å². The molecule has 7 atom stereocenters. The Labute approximate surface area is 587 Å². The fourth-order valence-electron chi connectivity index (χ4n) is 12.5. The number of ether oxygens (including phenoxy) is 7. The molecule has 0 aromatic heterocycles. The van der Waals surface area contributed by atoms with Crippen molar-refractivity contribution in [2.24, 2.45) is 0 Å². The van der Waals surface area contributed by atoms with Gasteiger partial charge in [-0.3, -0.25) is 38.4 Å². The molecule has 0 bridgehead atoms. The Kier molecular flexibility index (Phi) is 55.2. The second kappa shape index (κ2) is 60.8. The minimum Gasteiger partial charge on any atom is -0.463 e. The van der Waals surface area contributed by atoms with E-state index in [9.17, 15) is 38.4 Å². The maximum Gasteiger partial charge on any atom is 0.307 e. The SMILES string of the molecule is CCCCCCCCCCCCCC(=O)N[C@@H](CO[C@@H]1O[C@H](COC(C)=O)[C@@H](OC(C)=O)[C@H](OC(=O)CCCCCCCCCCCCC)[C@H]1NC(=O)C[C@@H](CCCCCCCCCCC)OC(=O)CCCCCCCCCCCCC)C(=O)NCCC(=O)OCc1ccccc1. The highest BCUT2D eigenvalue weighted by Gasteiger charge is 2.52. The summed E-state index contributed by atoms with van der Waals surface area (Å²) >= 11 is 0. The van der Waals surface area contributed by atoms with Crippen LogP contribution in [0, 0.1) is 0 Å². The third-order valence-corrected chi connectivity index (χ3v) is 18.3. The first kappa shape index (κ1) is 88.0. The predicted octanol–water partition coefficient (Wildman–Crippen LogP) is 17.7. The van der Waals surface area contributed by atoms with Gasteiger partial charge in [0.05, 0.1) is 19.4 Å². The standard InChI is InChI=1S/C79H137N3O15/c1-7-11-15-19-23-27-30-34-38-42-49-55-70(85)81-68(78(90)80-59-58-72(87)92-61-66-52-46-45-47-53-66)62-93-79-75(77(76(94-65(6)84)69(96-79)63-91-64(5)83)97-74(89)57-51-44-40-36-32-29-25-21-17-13-9-3)82-71(86)60-67(54-48-41-37-33-26-22-18-14-10-4)95-73(88)56-50-43-39-35-31-28-24-20-16-12-8-2/h45-47,52-53,67-69,75-77,79H,7-44,48-51,54-63H2,1-6H3,(H,80,90)(H,81,85)(H,82,86)/t67-,68+,69-,75-,76-,77-,79-/m1/s1. The van der Waals surface area contributed by atoms with E-state index < -0.39 is 97.6 Å². The van der Waals surface area contributed by atoms with Crippen molar-refractivity contribution >= 4 is 47.6 Å². The molecule has 0 spiro atoms. The summed E-state index contributed by atoms with van der Waals surface area (Å²) in [6.07, 6.45) is 39.5. The number of esters is 5. The van der Waals surface area contributed by atoms with Gasteiger partial charge in [0, 0.05) is 39.7 Å². The van der Waals surface area contributed by atoms with Gasteiger partial charge < -0.3 is 49.1 Å². The Morgan fingerprint density at radius 3 is 1.36 bits per heavy atom. The number of hydrogen-bond donors (Lipinski definition) is 3. The third kappa shape index (κ3) is 48.3. The first-order chi connectivity index (χ1) is 47.2. The van der Waals surface area contributed by atoms with E-state index in [4.69, 9.17) is 33.2 Å². The second-order valence-corrected chi connectivity index (χ2v) is 27.4. The van der Waals surface area contributed by atoms with Crippen molar-refractivity contribution in [2.45, 2.75) is 399 Å². The Morgan fingerprint density at radius 1 is 0.454 bits per heavy atom. The van der Waals surface area contributed by atoms with E-state index in [1.165, 1.54) is 162 Å². The molecular formula is C79H137N3O15. The van der Waals surface area contributed by atoms with Crippen molar-refractivity contribution in [1.29, 1.82) is 0 Å². The van der Waals surface area contributed by atoms with Crippen molar-refractivity contribution in [1.82, 2.24) is 16.0 Å². The van der Waals surface area contributed by atoms with E-state index in [0.717, 1.165) is 102 Å². The number of rotatable bonds is 64. The smallest absolute Gasteiger partial charge is 0.307 e. The lowest BCUT2D eigenvalue weighted by atomic mass is 9.95. The monoisotopic (exact) mass is 1370 g/mol. The quantitative estimate of drug-likeness (QED) is 0.0312. The van der Waals surface area contributed by atoms with Crippen molar-refractivity contribution in [3.05, 3.63) is 35.9 Å². The maximum absolute atomic E-state index is 14.9. The van der Waals surface area contributed by atoms with Crippen LogP contribution < -0.4 is 16.0 Å². The molecule has 1 aliphatic rings. The minimum atomic E-state index is -1.60. The summed E-state index contributed by atoms with van der Waals surface area (Å²) in [5, 5.41) is 8.57. The summed E-state index contributed by atoms with van der Waals surface area (Å²) in [7, 11) is 0. The molecule has 0 saturated carbocycles. The van der Waals surface area contributed by atoms with Gasteiger partial charge in [-0.1, -0.05) is 302 Å². The molecule has 1 aliphatic heterocycles. The molecule has 0 aliphatic carbocycles. The molecule has 18 heteroatoms. The molecule has 1 aromatic rings. The third-order valence-electron chi connectivity index (χ3n) is 18.3. The van der Waals surface area contributed by atoms with Crippen LogP contribution in [-0.2, 0) is 78.1 Å². The van der Waals surface area contributed by atoms with Crippen LogP contribution in [0.4, 0.5) is 0 Å². The van der Waals surface area contributed by atoms with E-state index in [1.54, 1.807) is 0 Å². The number of carbonyl (C=O) groups excluding carboxylic acids is 8. The Morgan fingerprint density at radius 2 is 0.897 bits per heavy atom. The van der Waals surface area contributed by atoms with Crippen molar-refractivity contribution in [3.8, 4) is 0 Å². The molecule has 0 radical (unpaired) electrons. The molecule has 1 heterocycles. The van der Waals surface area contributed by atoms with Crippen molar-refractivity contribution < 1.29 is 71.5 Å². The van der Waals surface area contributed by atoms with Crippen LogP contribution in [0.2, 0.25) is 0 Å². The van der Waals surface area contributed by atoms with E-state index in [1.807, 2.05) is 30.3 Å². The lowest BCUT2D eigenvalue weighted by Crippen LogP contribution is -2.67. The number of nitrogens with one attached hydrogen (secondary N) is 3. The van der Waals surface area contributed by atoms with Gasteiger partial charge in [0.25, 0.3) is 0 Å². The number of benzene rings is 1. The van der Waals surface area contributed by atoms with Crippen molar-refractivity contribution in [3.63, 3.8) is 0 Å². The zero-order valence-electron chi connectivity index (χ0n) is 61.8. The average molecular weight is 1370 g/mol. The molecule has 1 saturated heterocycles. The summed E-state index contributed by atoms with van der Waals surface area (Å²) in [6.45, 7) is 10.1. The second-order valence-electron chi connectivity index (χ2n) is 27.4. The maximum atomic E-state index is 14.9. The lowest BCUT2D eigenvalue weighted by Gasteiger charge is -2.45. The summed E-state index contributed by atoms with van der Waals surface area (Å²) in [4.78, 5) is 109. The van der Waals surface area contributed by atoms with Crippen LogP contribution in [0.5, 0.6) is 0 Å². The van der Waals surface area contributed by atoms with E-state index in [2.05, 4.69) is 43.6 Å². The van der Waals surface area contributed by atoms with Crippen LogP contribution in [0.1, 0.15) is 355 Å². The van der Waals surface area contributed by atoms with Crippen LogP contribution >= 0.6 is 0 Å². The van der Waals surface area contributed by atoms with Gasteiger partial charge in [-0.2, -0.15) is 0 Å². The van der Waals surface area contributed by atoms with Crippen LogP contribution in [-0.4, -0.2) is 110 Å². The van der Waals surface area contributed by atoms with Crippen molar-refractivity contribution in [2.75, 3.05) is 19.8 Å². The number of carbonyl (C=O) groups is 8. The molecular weight excluding hydrogens is 1230 g/mol. The largest absolute Gasteiger partial charge is 0.463 e. The fraction of sp³-hybridized carbons (Fsp3) is 0.823. The Balaban J connectivity index is 2.53. The summed E-state index contributed by atoms with van der Waals surface area (Å²) in [5.74, 6) is -4.73. The zero-order valence-corrected chi connectivity index (χ0v) is 61.8. The number of hydrogen-bond acceptors (Lipinski definition) is 15. The highest BCUT2D eigenvalue weighted by atomic mass is 16.7. The molecule has 18 nitrogen and oxygen atoms in total. The molecule has 2 rings (SSSR count). The summed E-state index contributed by atoms with van der Waals surface area (Å²) in [6, 6.07) is 6.39. The number of amides is 3. The first-order valence-corrected chi connectivity index (χ1v) is 39.2. The van der Waals surface area contributed by atoms with E-state index in [-0.39, 0.29) is 51.2 Å². The Bertz CT molecular complexity index is 2180. The van der Waals surface area contributed by atoms with Gasteiger partial charge in [0.1, 0.15) is 37.5 Å². The van der Waals surface area contributed by atoms with E-state index in [0.29, 0.717) is 32.1 Å². The molecule has 558 valence electrons. The molecule has 1 aromatic carbocycles. The predicted molar refractivity (Wildman–Crippen MR) is 384 cm³/mol. The summed E-state index contributed by atoms with van der Waals surface area (Å²) < 4.78 is 42.4. The fourth-order valence-corrected chi connectivity index (χ4v) is 12.5. The highest BCUT2D eigenvalue weighted by Crippen LogP contribution is 2.30. The topological polar surface area (TPSA) is 237 Å².